The number of imide groups is 1. The second-order valence-electron chi connectivity index (χ2n) is 6.16. The molecular weight excluding hydrogens is 244 g/mol. The van der Waals surface area contributed by atoms with Crippen molar-refractivity contribution in [3.05, 3.63) is 12.2 Å². The van der Waals surface area contributed by atoms with E-state index in [1.165, 1.54) is 19.0 Å². The van der Waals surface area contributed by atoms with E-state index < -0.39 is 17.2 Å². The average Bonchev–Trinajstić information content (AvgIpc) is 2.60. The summed E-state index contributed by atoms with van der Waals surface area (Å²) < 4.78 is 0. The molecule has 2 atom stereocenters. The number of rotatable bonds is 2. The second-order valence-corrected chi connectivity index (χ2v) is 6.16. The van der Waals surface area contributed by atoms with Gasteiger partial charge in [0.1, 0.15) is 5.41 Å². The summed E-state index contributed by atoms with van der Waals surface area (Å²) in [5.74, 6) is -0.0400. The molecule has 1 saturated heterocycles. The number of amides is 3. The van der Waals surface area contributed by atoms with Gasteiger partial charge in [-0.2, -0.15) is 0 Å². The number of carbonyl (C=O) groups is 2. The first kappa shape index (κ1) is 14.1. The summed E-state index contributed by atoms with van der Waals surface area (Å²) in [5, 5.41) is 11.1. The minimum Gasteiger partial charge on any atom is -0.366 e. The molecule has 106 valence electrons. The van der Waals surface area contributed by atoms with Crippen molar-refractivity contribution in [1.29, 1.82) is 0 Å². The highest BCUT2D eigenvalue weighted by molar-refractivity contribution is 6.02. The van der Waals surface area contributed by atoms with Crippen molar-refractivity contribution >= 4 is 11.9 Å². The van der Waals surface area contributed by atoms with Crippen molar-refractivity contribution < 1.29 is 14.7 Å². The summed E-state index contributed by atoms with van der Waals surface area (Å²) in [6.45, 7) is 7.92. The molecule has 0 unspecified atom stereocenters. The van der Waals surface area contributed by atoms with E-state index in [0.717, 1.165) is 4.90 Å². The third kappa shape index (κ3) is 1.51. The highest BCUT2D eigenvalue weighted by atomic mass is 16.3. The highest BCUT2D eigenvalue weighted by Crippen LogP contribution is 2.56. The molecular formula is C14H22N2O3. The summed E-state index contributed by atoms with van der Waals surface area (Å²) in [6.07, 6.45) is 1.66. The lowest BCUT2D eigenvalue weighted by Crippen LogP contribution is -2.71. The van der Waals surface area contributed by atoms with Crippen LogP contribution in [0.5, 0.6) is 0 Å². The molecule has 0 spiro atoms. The van der Waals surface area contributed by atoms with Crippen molar-refractivity contribution in [2.75, 3.05) is 14.1 Å². The fraction of sp³-hybridized carbons (Fsp3) is 0.714. The third-order valence-electron chi connectivity index (χ3n) is 4.54. The Bertz CT molecular complexity index is 460. The number of hydrogen-bond donors (Lipinski definition) is 1. The number of carbonyl (C=O) groups excluding carboxylic acids is 2. The molecule has 5 heteroatoms. The van der Waals surface area contributed by atoms with Gasteiger partial charge in [0.05, 0.1) is 0 Å². The minimum atomic E-state index is -1.54. The number of nitrogens with zero attached hydrogens (tertiary/aromatic N) is 2. The van der Waals surface area contributed by atoms with Crippen LogP contribution in [0.2, 0.25) is 0 Å². The van der Waals surface area contributed by atoms with Crippen LogP contribution in [0.25, 0.3) is 0 Å². The molecule has 2 aliphatic rings. The molecule has 5 nitrogen and oxygen atoms in total. The van der Waals surface area contributed by atoms with Crippen LogP contribution >= 0.6 is 0 Å². The first-order valence-electron chi connectivity index (χ1n) is 6.65. The predicted molar refractivity (Wildman–Crippen MR) is 71.1 cm³/mol. The fourth-order valence-corrected chi connectivity index (χ4v) is 3.67. The first-order chi connectivity index (χ1) is 8.68. The molecule has 0 aromatic heterocycles. The quantitative estimate of drug-likeness (QED) is 0.772. The minimum absolute atomic E-state index is 0.247. The van der Waals surface area contributed by atoms with Crippen LogP contribution in [-0.2, 0) is 4.79 Å². The Morgan fingerprint density at radius 1 is 1.37 bits per heavy atom. The van der Waals surface area contributed by atoms with Crippen LogP contribution in [0.1, 0.15) is 33.1 Å². The molecule has 0 bridgehead atoms. The van der Waals surface area contributed by atoms with E-state index in [9.17, 15) is 14.7 Å². The summed E-state index contributed by atoms with van der Waals surface area (Å²) in [4.78, 5) is 27.1. The van der Waals surface area contributed by atoms with Crippen LogP contribution in [0.3, 0.4) is 0 Å². The summed E-state index contributed by atoms with van der Waals surface area (Å²) in [7, 11) is 3.01. The van der Waals surface area contributed by atoms with Gasteiger partial charge in [-0.1, -0.05) is 20.4 Å². The lowest BCUT2D eigenvalue weighted by atomic mass is 9.70. The number of fused-ring (bicyclic) bond motifs is 1. The molecule has 1 aliphatic heterocycles. The van der Waals surface area contributed by atoms with Gasteiger partial charge >= 0.3 is 6.03 Å². The molecule has 2 fully saturated rings. The topological polar surface area (TPSA) is 60.9 Å². The summed E-state index contributed by atoms with van der Waals surface area (Å²) in [6, 6.07) is -0.477. The maximum atomic E-state index is 12.6. The molecule has 1 aliphatic carbocycles. The highest BCUT2D eigenvalue weighted by Gasteiger charge is 2.68. The van der Waals surface area contributed by atoms with Gasteiger partial charge in [-0.25, -0.2) is 4.79 Å². The second kappa shape index (κ2) is 4.07. The van der Waals surface area contributed by atoms with Gasteiger partial charge in [0.25, 0.3) is 0 Å². The number of likely N-dealkylation sites (N-methyl/N-ethyl adjacent to an activating group) is 1. The van der Waals surface area contributed by atoms with Crippen LogP contribution in [0, 0.1) is 11.3 Å². The van der Waals surface area contributed by atoms with Crippen molar-refractivity contribution in [2.24, 2.45) is 11.3 Å². The van der Waals surface area contributed by atoms with Gasteiger partial charge in [0.15, 0.2) is 5.72 Å². The van der Waals surface area contributed by atoms with Crippen LogP contribution in [0.4, 0.5) is 4.79 Å². The van der Waals surface area contributed by atoms with Gasteiger partial charge in [-0.3, -0.25) is 14.6 Å². The van der Waals surface area contributed by atoms with Crippen molar-refractivity contribution in [3.63, 3.8) is 0 Å². The average molecular weight is 266 g/mol. The third-order valence-corrected chi connectivity index (χ3v) is 4.54. The molecule has 1 heterocycles. The Kier molecular flexibility index (Phi) is 3.01. The summed E-state index contributed by atoms with van der Waals surface area (Å²) >= 11 is 0. The van der Waals surface area contributed by atoms with E-state index in [-0.39, 0.29) is 11.8 Å². The van der Waals surface area contributed by atoms with E-state index in [4.69, 9.17) is 0 Å². The van der Waals surface area contributed by atoms with Gasteiger partial charge in [-0.05, 0) is 30.8 Å². The summed E-state index contributed by atoms with van der Waals surface area (Å²) in [5.41, 5.74) is -1.93. The lowest BCUT2D eigenvalue weighted by Gasteiger charge is -2.53. The zero-order chi connectivity index (χ0) is 14.6. The lowest BCUT2D eigenvalue weighted by molar-refractivity contribution is -0.183. The molecule has 1 N–H and O–H groups in total. The maximum absolute atomic E-state index is 12.6. The van der Waals surface area contributed by atoms with Crippen molar-refractivity contribution in [1.82, 2.24) is 9.80 Å². The van der Waals surface area contributed by atoms with Crippen LogP contribution in [0.15, 0.2) is 12.2 Å². The normalized spacial score (nSPS) is 35.4. The molecule has 19 heavy (non-hydrogen) atoms. The molecule has 2 rings (SSSR count). The first-order valence-corrected chi connectivity index (χ1v) is 6.65. The molecule has 3 amide bonds. The monoisotopic (exact) mass is 266 g/mol. The van der Waals surface area contributed by atoms with Gasteiger partial charge in [0, 0.05) is 14.1 Å². The van der Waals surface area contributed by atoms with E-state index in [1.54, 1.807) is 0 Å². The molecule has 0 aromatic carbocycles. The van der Waals surface area contributed by atoms with Gasteiger partial charge in [0.2, 0.25) is 5.91 Å². The largest absolute Gasteiger partial charge is 0.366 e. The zero-order valence-electron chi connectivity index (χ0n) is 12.1. The standard InChI is InChI=1S/C14H22N2O3/c1-9(2)8-13-7-6-10(3)14(13,19)16(5)12(18)15(4)11(13)17/h9,19H,3,6-8H2,1-2,4-5H3/t13-,14-/m1/s1. The Hall–Kier alpha value is -1.36. The SMILES string of the molecule is C=C1CC[C@@]2(CC(C)C)C(=O)N(C)C(=O)N(C)[C@@]12O. The van der Waals surface area contributed by atoms with Gasteiger partial charge < -0.3 is 5.11 Å². The Morgan fingerprint density at radius 3 is 2.47 bits per heavy atom. The molecule has 1 saturated carbocycles. The Morgan fingerprint density at radius 2 is 1.95 bits per heavy atom. The number of aliphatic hydroxyl groups is 1. The number of urea groups is 1. The van der Waals surface area contributed by atoms with E-state index in [0.29, 0.717) is 24.8 Å². The molecule has 0 radical (unpaired) electrons. The Balaban J connectivity index is 2.60. The zero-order valence-corrected chi connectivity index (χ0v) is 12.1. The van der Waals surface area contributed by atoms with Crippen LogP contribution in [-0.4, -0.2) is 46.7 Å². The van der Waals surface area contributed by atoms with Crippen LogP contribution < -0.4 is 0 Å². The van der Waals surface area contributed by atoms with Crippen molar-refractivity contribution in [2.45, 2.75) is 38.8 Å². The van der Waals surface area contributed by atoms with E-state index in [2.05, 4.69) is 6.58 Å². The number of hydrogen-bond acceptors (Lipinski definition) is 3. The van der Waals surface area contributed by atoms with E-state index in [1.807, 2.05) is 13.8 Å². The predicted octanol–water partition coefficient (Wildman–Crippen LogP) is 1.58. The smallest absolute Gasteiger partial charge is 0.328 e. The van der Waals surface area contributed by atoms with E-state index >= 15 is 0 Å². The molecule has 0 aromatic rings. The Labute approximate surface area is 113 Å². The fourth-order valence-electron chi connectivity index (χ4n) is 3.67. The maximum Gasteiger partial charge on any atom is 0.328 e. The van der Waals surface area contributed by atoms with Crippen molar-refractivity contribution in [3.8, 4) is 0 Å². The van der Waals surface area contributed by atoms with Gasteiger partial charge in [-0.15, -0.1) is 0 Å².